The SMILES string of the molecule is CN=C(NC)NCC(C)(C)C(C)(C)C. The van der Waals surface area contributed by atoms with Crippen LogP contribution in [0.25, 0.3) is 0 Å². The van der Waals surface area contributed by atoms with Gasteiger partial charge in [-0.25, -0.2) is 0 Å². The molecule has 0 aromatic rings. The molecule has 0 heterocycles. The second-order valence-electron chi connectivity index (χ2n) is 5.31. The highest BCUT2D eigenvalue weighted by Crippen LogP contribution is 2.36. The highest BCUT2D eigenvalue weighted by Gasteiger charge is 2.32. The van der Waals surface area contributed by atoms with Gasteiger partial charge >= 0.3 is 0 Å². The fourth-order valence-electron chi connectivity index (χ4n) is 0.849. The maximum Gasteiger partial charge on any atom is 0.190 e. The summed E-state index contributed by atoms with van der Waals surface area (Å²) in [5, 5.41) is 6.32. The highest BCUT2D eigenvalue weighted by atomic mass is 15.2. The van der Waals surface area contributed by atoms with E-state index in [-0.39, 0.29) is 10.8 Å². The Morgan fingerprint density at radius 2 is 1.64 bits per heavy atom. The van der Waals surface area contributed by atoms with Crippen molar-refractivity contribution in [3.63, 3.8) is 0 Å². The zero-order chi connectivity index (χ0) is 11.4. The summed E-state index contributed by atoms with van der Waals surface area (Å²) >= 11 is 0. The second kappa shape index (κ2) is 4.67. The quantitative estimate of drug-likeness (QED) is 0.526. The summed E-state index contributed by atoms with van der Waals surface area (Å²) in [6.45, 7) is 12.2. The van der Waals surface area contributed by atoms with Gasteiger partial charge in [0.25, 0.3) is 0 Å². The smallest absolute Gasteiger partial charge is 0.190 e. The van der Waals surface area contributed by atoms with Crippen LogP contribution in [-0.4, -0.2) is 26.6 Å². The summed E-state index contributed by atoms with van der Waals surface area (Å²) in [4.78, 5) is 4.09. The van der Waals surface area contributed by atoms with E-state index >= 15 is 0 Å². The van der Waals surface area contributed by atoms with Crippen LogP contribution in [0, 0.1) is 10.8 Å². The standard InChI is InChI=1S/C11H25N3/c1-10(2,3)11(4,5)8-14-9(12-6)13-7/h8H2,1-7H3,(H2,12,13,14). The van der Waals surface area contributed by atoms with Crippen LogP contribution < -0.4 is 10.6 Å². The lowest BCUT2D eigenvalue weighted by Crippen LogP contribution is -2.45. The molecule has 0 amide bonds. The molecule has 0 unspecified atom stereocenters. The van der Waals surface area contributed by atoms with Crippen molar-refractivity contribution in [3.05, 3.63) is 0 Å². The zero-order valence-corrected chi connectivity index (χ0v) is 10.7. The molecule has 0 aromatic heterocycles. The Labute approximate surface area is 88.4 Å². The van der Waals surface area contributed by atoms with Crippen molar-refractivity contribution in [3.8, 4) is 0 Å². The molecule has 2 N–H and O–H groups in total. The maximum atomic E-state index is 4.09. The number of aliphatic imine (C=N–C) groups is 1. The highest BCUT2D eigenvalue weighted by molar-refractivity contribution is 5.79. The van der Waals surface area contributed by atoms with Gasteiger partial charge in [0.15, 0.2) is 5.96 Å². The first kappa shape index (κ1) is 13.3. The van der Waals surface area contributed by atoms with Gasteiger partial charge in [0, 0.05) is 20.6 Å². The van der Waals surface area contributed by atoms with E-state index in [1.54, 1.807) is 7.05 Å². The summed E-state index contributed by atoms with van der Waals surface area (Å²) in [5.74, 6) is 0.849. The summed E-state index contributed by atoms with van der Waals surface area (Å²) in [5.41, 5.74) is 0.520. The van der Waals surface area contributed by atoms with Gasteiger partial charge in [-0.15, -0.1) is 0 Å². The minimum Gasteiger partial charge on any atom is -0.359 e. The molecule has 0 aliphatic heterocycles. The minimum atomic E-state index is 0.236. The van der Waals surface area contributed by atoms with E-state index in [2.05, 4.69) is 50.2 Å². The lowest BCUT2D eigenvalue weighted by Gasteiger charge is -2.39. The average molecular weight is 199 g/mol. The van der Waals surface area contributed by atoms with Crippen molar-refractivity contribution in [2.75, 3.05) is 20.6 Å². The first-order valence-corrected chi connectivity index (χ1v) is 5.13. The summed E-state index contributed by atoms with van der Waals surface area (Å²) < 4.78 is 0. The molecule has 0 radical (unpaired) electrons. The van der Waals surface area contributed by atoms with Crippen molar-refractivity contribution >= 4 is 5.96 Å². The number of hydrogen-bond donors (Lipinski definition) is 2. The molecule has 0 aliphatic rings. The predicted molar refractivity (Wildman–Crippen MR) is 63.7 cm³/mol. The third-order valence-corrected chi connectivity index (χ3v) is 3.19. The fourth-order valence-corrected chi connectivity index (χ4v) is 0.849. The number of guanidine groups is 1. The summed E-state index contributed by atoms with van der Waals surface area (Å²) in [6.07, 6.45) is 0. The molecular weight excluding hydrogens is 174 g/mol. The van der Waals surface area contributed by atoms with Gasteiger partial charge in [0.05, 0.1) is 0 Å². The van der Waals surface area contributed by atoms with Gasteiger partial charge in [0.1, 0.15) is 0 Å². The monoisotopic (exact) mass is 199 g/mol. The van der Waals surface area contributed by atoms with E-state index in [0.29, 0.717) is 0 Å². The van der Waals surface area contributed by atoms with E-state index in [1.165, 1.54) is 0 Å². The molecule has 0 spiro atoms. The molecule has 84 valence electrons. The van der Waals surface area contributed by atoms with Crippen LogP contribution in [0.15, 0.2) is 4.99 Å². The van der Waals surface area contributed by atoms with Gasteiger partial charge in [-0.05, 0) is 10.8 Å². The molecule has 0 aromatic carbocycles. The van der Waals surface area contributed by atoms with Crippen LogP contribution in [0.4, 0.5) is 0 Å². The average Bonchev–Trinajstić information content (AvgIpc) is 2.04. The molecule has 0 aliphatic carbocycles. The molecule has 0 bridgehead atoms. The lowest BCUT2D eigenvalue weighted by molar-refractivity contribution is 0.136. The Morgan fingerprint density at radius 3 is 1.93 bits per heavy atom. The van der Waals surface area contributed by atoms with Crippen LogP contribution >= 0.6 is 0 Å². The van der Waals surface area contributed by atoms with Gasteiger partial charge < -0.3 is 10.6 Å². The predicted octanol–water partition coefficient (Wildman–Crippen LogP) is 1.85. The largest absolute Gasteiger partial charge is 0.359 e. The van der Waals surface area contributed by atoms with Crippen molar-refractivity contribution in [2.24, 2.45) is 15.8 Å². The van der Waals surface area contributed by atoms with Crippen molar-refractivity contribution in [1.29, 1.82) is 0 Å². The topological polar surface area (TPSA) is 36.4 Å². The zero-order valence-electron chi connectivity index (χ0n) is 10.7. The minimum absolute atomic E-state index is 0.236. The van der Waals surface area contributed by atoms with Crippen molar-refractivity contribution in [1.82, 2.24) is 10.6 Å². The van der Waals surface area contributed by atoms with Crippen molar-refractivity contribution < 1.29 is 0 Å². The third kappa shape index (κ3) is 3.56. The summed E-state index contributed by atoms with van der Waals surface area (Å²) in [6, 6.07) is 0. The maximum absolute atomic E-state index is 4.09. The van der Waals surface area contributed by atoms with Crippen molar-refractivity contribution in [2.45, 2.75) is 34.6 Å². The van der Waals surface area contributed by atoms with Gasteiger partial charge in [0.2, 0.25) is 0 Å². The molecule has 0 fully saturated rings. The van der Waals surface area contributed by atoms with Gasteiger partial charge in [-0.1, -0.05) is 34.6 Å². The number of nitrogens with one attached hydrogen (secondary N) is 2. The molecule has 14 heavy (non-hydrogen) atoms. The van der Waals surface area contributed by atoms with E-state index in [1.807, 2.05) is 7.05 Å². The first-order valence-electron chi connectivity index (χ1n) is 5.13. The summed E-state index contributed by atoms with van der Waals surface area (Å²) in [7, 11) is 3.66. The van der Waals surface area contributed by atoms with Crippen LogP contribution in [-0.2, 0) is 0 Å². The van der Waals surface area contributed by atoms with Gasteiger partial charge in [-0.2, -0.15) is 0 Å². The van der Waals surface area contributed by atoms with E-state index in [9.17, 15) is 0 Å². The Kier molecular flexibility index (Phi) is 4.43. The Hall–Kier alpha value is -0.730. The van der Waals surface area contributed by atoms with E-state index < -0.39 is 0 Å². The normalized spacial score (nSPS) is 14.1. The molecule has 0 saturated carbocycles. The van der Waals surface area contributed by atoms with Crippen LogP contribution in [0.5, 0.6) is 0 Å². The molecule has 0 saturated heterocycles. The van der Waals surface area contributed by atoms with Crippen LogP contribution in [0.1, 0.15) is 34.6 Å². The fraction of sp³-hybridized carbons (Fsp3) is 0.909. The number of rotatable bonds is 2. The van der Waals surface area contributed by atoms with E-state index in [0.717, 1.165) is 12.5 Å². The second-order valence-corrected chi connectivity index (χ2v) is 5.31. The Morgan fingerprint density at radius 1 is 1.14 bits per heavy atom. The van der Waals surface area contributed by atoms with E-state index in [4.69, 9.17) is 0 Å². The lowest BCUT2D eigenvalue weighted by atomic mass is 9.69. The first-order chi connectivity index (χ1) is 6.24. The Balaban J connectivity index is 4.26. The molecule has 0 rings (SSSR count). The van der Waals surface area contributed by atoms with Crippen LogP contribution in [0.2, 0.25) is 0 Å². The Bertz CT molecular complexity index is 199. The number of nitrogens with zero attached hydrogens (tertiary/aromatic N) is 1. The molecule has 3 nitrogen and oxygen atoms in total. The number of hydrogen-bond acceptors (Lipinski definition) is 1. The third-order valence-electron chi connectivity index (χ3n) is 3.19. The molecular formula is C11H25N3. The molecule has 0 atom stereocenters. The van der Waals surface area contributed by atoms with Crippen LogP contribution in [0.3, 0.4) is 0 Å². The van der Waals surface area contributed by atoms with Gasteiger partial charge in [-0.3, -0.25) is 4.99 Å². The molecule has 3 heteroatoms.